The van der Waals surface area contributed by atoms with Gasteiger partial charge in [0.2, 0.25) is 5.91 Å². The average Bonchev–Trinajstić information content (AvgIpc) is 3.20. The van der Waals surface area contributed by atoms with Gasteiger partial charge in [-0.15, -0.1) is 11.3 Å². The Morgan fingerprint density at radius 1 is 1.37 bits per heavy atom. The summed E-state index contributed by atoms with van der Waals surface area (Å²) >= 11 is 13.2. The minimum absolute atomic E-state index is 0.0253. The standard InChI is InChI=1S/C19H19ClN4OS2/c1-23-18(21-22-19(23)26)12-8-10-24(11-9-12)16(25)7-6-15-17(20)13-4-2-3-5-14(13)27-15/h2-7,12H,8-11H2,1H3,(H,22,26). The predicted octanol–water partition coefficient (Wildman–Crippen LogP) is 4.77. The van der Waals surface area contributed by atoms with Gasteiger partial charge in [0, 0.05) is 47.1 Å². The molecule has 1 saturated heterocycles. The van der Waals surface area contributed by atoms with Crippen LogP contribution < -0.4 is 0 Å². The van der Waals surface area contributed by atoms with Crippen LogP contribution >= 0.6 is 35.2 Å². The summed E-state index contributed by atoms with van der Waals surface area (Å²) in [4.78, 5) is 15.4. The van der Waals surface area contributed by atoms with Gasteiger partial charge in [-0.3, -0.25) is 9.89 Å². The van der Waals surface area contributed by atoms with E-state index < -0.39 is 0 Å². The highest BCUT2D eigenvalue weighted by Crippen LogP contribution is 2.36. The van der Waals surface area contributed by atoms with E-state index in [0.717, 1.165) is 33.6 Å². The number of carbonyl (C=O) groups excluding carboxylic acids is 1. The highest BCUT2D eigenvalue weighted by Gasteiger charge is 2.25. The Morgan fingerprint density at radius 3 is 2.78 bits per heavy atom. The molecule has 1 N–H and O–H groups in total. The fourth-order valence-electron chi connectivity index (χ4n) is 3.47. The van der Waals surface area contributed by atoms with Crippen LogP contribution in [0.4, 0.5) is 0 Å². The Morgan fingerprint density at radius 2 is 2.11 bits per heavy atom. The van der Waals surface area contributed by atoms with Crippen LogP contribution in [0.15, 0.2) is 30.3 Å². The summed E-state index contributed by atoms with van der Waals surface area (Å²) in [5.41, 5.74) is 0. The van der Waals surface area contributed by atoms with E-state index in [1.165, 1.54) is 0 Å². The molecule has 3 heterocycles. The molecule has 0 aliphatic carbocycles. The second kappa shape index (κ2) is 7.58. The van der Waals surface area contributed by atoms with E-state index in [1.807, 2.05) is 46.9 Å². The molecule has 1 aromatic carbocycles. The van der Waals surface area contributed by atoms with Gasteiger partial charge in [0.25, 0.3) is 0 Å². The lowest BCUT2D eigenvalue weighted by Crippen LogP contribution is -2.37. The number of aromatic nitrogens is 3. The first-order chi connectivity index (χ1) is 13.0. The summed E-state index contributed by atoms with van der Waals surface area (Å²) in [5, 5.41) is 8.91. The molecule has 0 radical (unpaired) electrons. The van der Waals surface area contributed by atoms with Crippen molar-refractivity contribution in [3.63, 3.8) is 0 Å². The molecule has 140 valence electrons. The van der Waals surface area contributed by atoms with Crippen molar-refractivity contribution < 1.29 is 4.79 Å². The summed E-state index contributed by atoms with van der Waals surface area (Å²) in [6.07, 6.45) is 5.23. The van der Waals surface area contributed by atoms with Crippen LogP contribution in [-0.4, -0.2) is 38.7 Å². The topological polar surface area (TPSA) is 53.9 Å². The lowest BCUT2D eigenvalue weighted by atomic mass is 9.96. The number of rotatable bonds is 3. The zero-order chi connectivity index (χ0) is 19.0. The van der Waals surface area contributed by atoms with Gasteiger partial charge in [0.05, 0.1) is 5.02 Å². The number of piperidine rings is 1. The number of H-pyrrole nitrogens is 1. The first kappa shape index (κ1) is 18.4. The van der Waals surface area contributed by atoms with Gasteiger partial charge in [0.15, 0.2) is 4.77 Å². The fourth-order valence-corrected chi connectivity index (χ4v) is 5.01. The van der Waals surface area contributed by atoms with Crippen molar-refractivity contribution in [3.8, 4) is 0 Å². The number of carbonyl (C=O) groups is 1. The lowest BCUT2D eigenvalue weighted by Gasteiger charge is -2.30. The van der Waals surface area contributed by atoms with Gasteiger partial charge in [0.1, 0.15) is 5.82 Å². The largest absolute Gasteiger partial charge is 0.339 e. The smallest absolute Gasteiger partial charge is 0.246 e. The van der Waals surface area contributed by atoms with E-state index in [1.54, 1.807) is 17.4 Å². The summed E-state index contributed by atoms with van der Waals surface area (Å²) < 4.78 is 3.68. The molecule has 5 nitrogen and oxygen atoms in total. The number of fused-ring (bicyclic) bond motifs is 1. The number of nitrogens with zero attached hydrogens (tertiary/aromatic N) is 3. The van der Waals surface area contributed by atoms with Crippen LogP contribution in [-0.2, 0) is 11.8 Å². The Balaban J connectivity index is 1.42. The van der Waals surface area contributed by atoms with Gasteiger partial charge in [-0.2, -0.15) is 5.10 Å². The van der Waals surface area contributed by atoms with Crippen molar-refractivity contribution in [1.82, 2.24) is 19.7 Å². The highest BCUT2D eigenvalue weighted by molar-refractivity contribution is 7.71. The normalized spacial score (nSPS) is 15.9. The number of thiophene rings is 1. The minimum Gasteiger partial charge on any atom is -0.339 e. The lowest BCUT2D eigenvalue weighted by molar-refractivity contribution is -0.127. The Labute approximate surface area is 171 Å². The van der Waals surface area contributed by atoms with E-state index in [9.17, 15) is 4.79 Å². The fraction of sp³-hybridized carbons (Fsp3) is 0.316. The molecule has 4 rings (SSSR count). The number of aromatic amines is 1. The highest BCUT2D eigenvalue weighted by atomic mass is 35.5. The van der Waals surface area contributed by atoms with Gasteiger partial charge in [-0.05, 0) is 37.2 Å². The molecule has 1 amide bonds. The van der Waals surface area contributed by atoms with Crippen LogP contribution in [0.25, 0.3) is 16.2 Å². The third kappa shape index (κ3) is 3.59. The second-order valence-corrected chi connectivity index (χ2v) is 8.50. The molecule has 0 atom stereocenters. The maximum Gasteiger partial charge on any atom is 0.246 e. The van der Waals surface area contributed by atoms with Crippen molar-refractivity contribution in [2.75, 3.05) is 13.1 Å². The molecule has 27 heavy (non-hydrogen) atoms. The number of hydrogen-bond donors (Lipinski definition) is 1. The van der Waals surface area contributed by atoms with E-state index in [4.69, 9.17) is 23.8 Å². The van der Waals surface area contributed by atoms with Gasteiger partial charge in [-0.25, -0.2) is 0 Å². The number of benzene rings is 1. The van der Waals surface area contributed by atoms with Crippen LogP contribution in [0, 0.1) is 4.77 Å². The maximum atomic E-state index is 12.6. The molecule has 1 aliphatic heterocycles. The monoisotopic (exact) mass is 418 g/mol. The van der Waals surface area contributed by atoms with Crippen molar-refractivity contribution in [3.05, 3.63) is 50.8 Å². The molecule has 1 fully saturated rings. The number of nitrogens with one attached hydrogen (secondary N) is 1. The molecule has 2 aromatic heterocycles. The summed E-state index contributed by atoms with van der Waals surface area (Å²) in [5.74, 6) is 1.32. The molecular weight excluding hydrogens is 400 g/mol. The van der Waals surface area contributed by atoms with Crippen molar-refractivity contribution >= 4 is 57.2 Å². The molecule has 3 aromatic rings. The quantitative estimate of drug-likeness (QED) is 0.492. The van der Waals surface area contributed by atoms with E-state index in [-0.39, 0.29) is 5.91 Å². The number of halogens is 1. The number of amides is 1. The number of likely N-dealkylation sites (tertiary alicyclic amines) is 1. The van der Waals surface area contributed by atoms with Crippen molar-refractivity contribution in [1.29, 1.82) is 0 Å². The Hall–Kier alpha value is -1.96. The van der Waals surface area contributed by atoms with Crippen LogP contribution in [0.1, 0.15) is 29.5 Å². The second-order valence-electron chi connectivity index (χ2n) is 6.66. The van der Waals surface area contributed by atoms with E-state index in [2.05, 4.69) is 10.2 Å². The Bertz CT molecular complexity index is 1070. The summed E-state index contributed by atoms with van der Waals surface area (Å²) in [6.45, 7) is 1.43. The molecule has 0 unspecified atom stereocenters. The van der Waals surface area contributed by atoms with Gasteiger partial charge < -0.3 is 9.47 Å². The first-order valence-corrected chi connectivity index (χ1v) is 10.4. The minimum atomic E-state index is 0.0253. The number of hydrogen-bond acceptors (Lipinski definition) is 4. The summed E-state index contributed by atoms with van der Waals surface area (Å²) in [6, 6.07) is 8.00. The zero-order valence-electron chi connectivity index (χ0n) is 14.8. The van der Waals surface area contributed by atoms with Crippen molar-refractivity contribution in [2.24, 2.45) is 7.05 Å². The SMILES string of the molecule is Cn1c(C2CCN(C(=O)C=Cc3sc4ccccc4c3Cl)CC2)n[nH]c1=S. The molecule has 0 spiro atoms. The zero-order valence-corrected chi connectivity index (χ0v) is 17.2. The third-order valence-corrected chi connectivity index (χ3v) is 7.04. The molecular formula is C19H19ClN4OS2. The van der Waals surface area contributed by atoms with Crippen LogP contribution in [0.5, 0.6) is 0 Å². The van der Waals surface area contributed by atoms with Crippen LogP contribution in [0.3, 0.4) is 0 Å². The average molecular weight is 419 g/mol. The van der Waals surface area contributed by atoms with Gasteiger partial charge >= 0.3 is 0 Å². The van der Waals surface area contributed by atoms with E-state index >= 15 is 0 Å². The van der Waals surface area contributed by atoms with Crippen molar-refractivity contribution in [2.45, 2.75) is 18.8 Å². The molecule has 0 saturated carbocycles. The van der Waals surface area contributed by atoms with E-state index in [0.29, 0.717) is 28.8 Å². The molecule has 0 bridgehead atoms. The Kier molecular flexibility index (Phi) is 5.16. The van der Waals surface area contributed by atoms with Crippen LogP contribution in [0.2, 0.25) is 5.02 Å². The maximum absolute atomic E-state index is 12.6. The predicted molar refractivity (Wildman–Crippen MR) is 113 cm³/mol. The summed E-state index contributed by atoms with van der Waals surface area (Å²) in [7, 11) is 1.93. The third-order valence-electron chi connectivity index (χ3n) is 5.02. The molecule has 1 aliphatic rings. The first-order valence-electron chi connectivity index (χ1n) is 8.80. The molecule has 8 heteroatoms. The van der Waals surface area contributed by atoms with Gasteiger partial charge in [-0.1, -0.05) is 29.8 Å².